The lowest BCUT2D eigenvalue weighted by atomic mass is 9.89. The van der Waals surface area contributed by atoms with E-state index in [1.54, 1.807) is 0 Å². The fourth-order valence-corrected chi connectivity index (χ4v) is 4.61. The summed E-state index contributed by atoms with van der Waals surface area (Å²) in [6.07, 6.45) is -1.61. The van der Waals surface area contributed by atoms with Crippen molar-refractivity contribution in [1.29, 1.82) is 0 Å². The fourth-order valence-electron chi connectivity index (χ4n) is 4.61. The first-order valence-electron chi connectivity index (χ1n) is 11.6. The molecule has 3 rings (SSSR count). The van der Waals surface area contributed by atoms with Crippen LogP contribution in [0.1, 0.15) is 50.7 Å². The number of rotatable bonds is 10. The molecule has 0 saturated heterocycles. The maximum Gasteiger partial charge on any atom is 0.407 e. The molecular formula is C27H33NO6. The zero-order valence-corrected chi connectivity index (χ0v) is 20.1. The Morgan fingerprint density at radius 2 is 1.53 bits per heavy atom. The quantitative estimate of drug-likeness (QED) is 0.511. The number of esters is 1. The number of ketones is 1. The third-order valence-electron chi connectivity index (χ3n) is 6.18. The minimum Gasteiger partial charge on any atom is -0.469 e. The van der Waals surface area contributed by atoms with E-state index < -0.39 is 35.9 Å². The number of hydrogen-bond donors (Lipinski definition) is 2. The van der Waals surface area contributed by atoms with E-state index >= 15 is 0 Å². The molecule has 34 heavy (non-hydrogen) atoms. The highest BCUT2D eigenvalue weighted by Crippen LogP contribution is 2.44. The first kappa shape index (κ1) is 25.4. The van der Waals surface area contributed by atoms with E-state index in [4.69, 9.17) is 9.47 Å². The van der Waals surface area contributed by atoms with E-state index in [9.17, 15) is 19.5 Å². The van der Waals surface area contributed by atoms with Gasteiger partial charge in [0.15, 0.2) is 5.78 Å². The van der Waals surface area contributed by atoms with Gasteiger partial charge in [0, 0.05) is 12.3 Å². The van der Waals surface area contributed by atoms with Gasteiger partial charge in [0.05, 0.1) is 19.1 Å². The molecule has 2 N–H and O–H groups in total. The second kappa shape index (κ2) is 11.3. The number of methoxy groups -OCH3 is 1. The lowest BCUT2D eigenvalue weighted by Crippen LogP contribution is -2.48. The maximum atomic E-state index is 12.9. The summed E-state index contributed by atoms with van der Waals surface area (Å²) in [6, 6.07) is 14.8. The van der Waals surface area contributed by atoms with Crippen LogP contribution in [0.4, 0.5) is 4.79 Å². The molecule has 2 aromatic rings. The minimum atomic E-state index is -1.19. The van der Waals surface area contributed by atoms with Gasteiger partial charge in [-0.1, -0.05) is 62.4 Å². The predicted octanol–water partition coefficient (Wildman–Crippen LogP) is 4.07. The fraction of sp³-hybridized carbons (Fsp3) is 0.444. The molecule has 0 heterocycles. The number of carbonyl (C=O) groups excluding carboxylic acids is 3. The largest absolute Gasteiger partial charge is 0.469 e. The SMILES string of the molecule is COC(=O)[C@@H](CC(=O)[C@@H](NC(=O)OCC1c2ccccc2-c2ccccc21)C(C)O)CC(C)C. The summed E-state index contributed by atoms with van der Waals surface area (Å²) in [5.74, 6) is -1.50. The van der Waals surface area contributed by atoms with E-state index in [2.05, 4.69) is 5.32 Å². The van der Waals surface area contributed by atoms with Crippen molar-refractivity contribution in [2.45, 2.75) is 51.7 Å². The van der Waals surface area contributed by atoms with Crippen molar-refractivity contribution in [1.82, 2.24) is 5.32 Å². The molecule has 0 aromatic heterocycles. The molecule has 182 valence electrons. The lowest BCUT2D eigenvalue weighted by molar-refractivity contribution is -0.148. The Bertz CT molecular complexity index is 986. The van der Waals surface area contributed by atoms with Crippen molar-refractivity contribution in [2.75, 3.05) is 13.7 Å². The van der Waals surface area contributed by atoms with E-state index in [0.717, 1.165) is 22.3 Å². The average molecular weight is 468 g/mol. The van der Waals surface area contributed by atoms with Gasteiger partial charge in [-0.3, -0.25) is 9.59 Å². The molecule has 0 spiro atoms. The Hall–Kier alpha value is -3.19. The molecular weight excluding hydrogens is 434 g/mol. The number of hydrogen-bond acceptors (Lipinski definition) is 6. The summed E-state index contributed by atoms with van der Waals surface area (Å²) in [5, 5.41) is 12.6. The van der Waals surface area contributed by atoms with Gasteiger partial charge in [0.2, 0.25) is 0 Å². The van der Waals surface area contributed by atoms with E-state index in [-0.39, 0.29) is 24.9 Å². The van der Waals surface area contributed by atoms with Gasteiger partial charge < -0.3 is 19.9 Å². The van der Waals surface area contributed by atoms with Gasteiger partial charge in [-0.2, -0.15) is 0 Å². The molecule has 7 heteroatoms. The predicted molar refractivity (Wildman–Crippen MR) is 128 cm³/mol. The first-order valence-corrected chi connectivity index (χ1v) is 11.6. The summed E-state index contributed by atoms with van der Waals surface area (Å²) < 4.78 is 10.3. The van der Waals surface area contributed by atoms with E-state index in [1.165, 1.54) is 14.0 Å². The average Bonchev–Trinajstić information content (AvgIpc) is 3.13. The number of nitrogens with one attached hydrogen (secondary N) is 1. The number of amides is 1. The number of ether oxygens (including phenoxy) is 2. The Kier molecular flexibility index (Phi) is 8.45. The van der Waals surface area contributed by atoms with Crippen LogP contribution in [0.15, 0.2) is 48.5 Å². The highest BCUT2D eigenvalue weighted by atomic mass is 16.5. The van der Waals surface area contributed by atoms with E-state index in [0.29, 0.717) is 6.42 Å². The van der Waals surface area contributed by atoms with Crippen LogP contribution in [0.3, 0.4) is 0 Å². The first-order chi connectivity index (χ1) is 16.2. The van der Waals surface area contributed by atoms with Gasteiger partial charge in [-0.15, -0.1) is 0 Å². The molecule has 1 aliphatic rings. The van der Waals surface area contributed by atoms with Crippen LogP contribution in [0.5, 0.6) is 0 Å². The summed E-state index contributed by atoms with van der Waals surface area (Å²) in [4.78, 5) is 37.6. The molecule has 2 aromatic carbocycles. The van der Waals surface area contributed by atoms with Crippen molar-refractivity contribution in [3.63, 3.8) is 0 Å². The Labute approximate surface area is 200 Å². The molecule has 0 aliphatic heterocycles. The topological polar surface area (TPSA) is 102 Å². The lowest BCUT2D eigenvalue weighted by Gasteiger charge is -2.23. The van der Waals surface area contributed by atoms with Crippen molar-refractivity contribution in [2.24, 2.45) is 11.8 Å². The number of Topliss-reactive ketones (excluding diaryl/α,β-unsaturated/α-hetero) is 1. The van der Waals surface area contributed by atoms with Crippen LogP contribution < -0.4 is 5.32 Å². The van der Waals surface area contributed by atoms with Gasteiger partial charge in [-0.25, -0.2) is 4.79 Å². The molecule has 7 nitrogen and oxygen atoms in total. The second-order valence-electron chi connectivity index (χ2n) is 9.21. The maximum absolute atomic E-state index is 12.9. The van der Waals surface area contributed by atoms with Crippen LogP contribution in [-0.2, 0) is 19.1 Å². The van der Waals surface area contributed by atoms with Crippen LogP contribution in [0.25, 0.3) is 11.1 Å². The normalized spacial score (nSPS) is 15.1. The highest BCUT2D eigenvalue weighted by Gasteiger charge is 2.33. The third-order valence-corrected chi connectivity index (χ3v) is 6.18. The van der Waals surface area contributed by atoms with Gasteiger partial charge in [0.25, 0.3) is 0 Å². The third kappa shape index (κ3) is 5.83. The number of aliphatic hydroxyl groups is 1. The molecule has 1 unspecified atom stereocenters. The molecule has 0 fully saturated rings. The monoisotopic (exact) mass is 467 g/mol. The standard InChI is InChI=1S/C27H33NO6/c1-16(2)13-18(26(31)33-4)14-24(30)25(17(3)29)28-27(32)34-15-23-21-11-7-5-9-19(21)20-10-6-8-12-22(20)23/h5-12,16-18,23,25,29H,13-15H2,1-4H3,(H,28,32)/t17?,18-,25+/m1/s1. The number of aliphatic hydroxyl groups excluding tert-OH is 1. The molecule has 0 bridgehead atoms. The number of fused-ring (bicyclic) bond motifs is 3. The van der Waals surface area contributed by atoms with Crippen molar-refractivity contribution in [3.05, 3.63) is 59.7 Å². The number of benzene rings is 2. The van der Waals surface area contributed by atoms with Crippen LogP contribution in [0.2, 0.25) is 0 Å². The molecule has 3 atom stereocenters. The van der Waals surface area contributed by atoms with Crippen LogP contribution in [-0.4, -0.2) is 48.8 Å². The molecule has 0 saturated carbocycles. The van der Waals surface area contributed by atoms with Crippen molar-refractivity contribution < 1.29 is 29.0 Å². The molecule has 1 amide bonds. The Balaban J connectivity index is 1.65. The zero-order chi connectivity index (χ0) is 24.8. The summed E-state index contributed by atoms with van der Waals surface area (Å²) >= 11 is 0. The van der Waals surface area contributed by atoms with Crippen LogP contribution >= 0.6 is 0 Å². The highest BCUT2D eigenvalue weighted by molar-refractivity contribution is 5.91. The zero-order valence-electron chi connectivity index (χ0n) is 20.1. The molecule has 0 radical (unpaired) electrons. The molecule has 1 aliphatic carbocycles. The summed E-state index contributed by atoms with van der Waals surface area (Å²) in [7, 11) is 1.28. The minimum absolute atomic E-state index is 0.0959. The van der Waals surface area contributed by atoms with Gasteiger partial charge in [-0.05, 0) is 41.5 Å². The van der Waals surface area contributed by atoms with Crippen LogP contribution in [0, 0.1) is 11.8 Å². The van der Waals surface area contributed by atoms with Crippen molar-refractivity contribution in [3.8, 4) is 11.1 Å². The Morgan fingerprint density at radius 3 is 2.03 bits per heavy atom. The summed E-state index contributed by atoms with van der Waals surface area (Å²) in [5.41, 5.74) is 4.38. The van der Waals surface area contributed by atoms with Gasteiger partial charge >= 0.3 is 12.1 Å². The van der Waals surface area contributed by atoms with E-state index in [1.807, 2.05) is 62.4 Å². The summed E-state index contributed by atoms with van der Waals surface area (Å²) in [6.45, 7) is 5.41. The Morgan fingerprint density at radius 1 is 0.971 bits per heavy atom. The number of carbonyl (C=O) groups is 3. The number of alkyl carbamates (subject to hydrolysis) is 1. The smallest absolute Gasteiger partial charge is 0.407 e. The second-order valence-corrected chi connectivity index (χ2v) is 9.21. The van der Waals surface area contributed by atoms with Crippen molar-refractivity contribution >= 4 is 17.8 Å². The van der Waals surface area contributed by atoms with Gasteiger partial charge in [0.1, 0.15) is 12.6 Å².